The summed E-state index contributed by atoms with van der Waals surface area (Å²) in [4.78, 5) is 4.24. The number of rotatable bonds is 6. The fraction of sp³-hybridized carbons (Fsp3) is 0.278. The molecule has 4 nitrogen and oxygen atoms in total. The quantitative estimate of drug-likeness (QED) is 0.400. The minimum atomic E-state index is -0.235. The van der Waals surface area contributed by atoms with Gasteiger partial charge in [0.05, 0.1) is 6.10 Å². The van der Waals surface area contributed by atoms with E-state index in [2.05, 4.69) is 10.3 Å². The Morgan fingerprint density at radius 1 is 1.21 bits per heavy atom. The summed E-state index contributed by atoms with van der Waals surface area (Å²) in [5, 5.41) is 3.02. The zero-order chi connectivity index (χ0) is 16.7. The Kier molecular flexibility index (Phi) is 8.53. The fourth-order valence-corrected chi connectivity index (χ4v) is 2.07. The highest BCUT2D eigenvalue weighted by atomic mass is 127. The van der Waals surface area contributed by atoms with Gasteiger partial charge in [-0.1, -0.05) is 12.1 Å². The third-order valence-corrected chi connectivity index (χ3v) is 3.07. The van der Waals surface area contributed by atoms with Crippen LogP contribution in [0, 0.1) is 5.82 Å². The van der Waals surface area contributed by atoms with Crippen LogP contribution in [0.4, 0.5) is 10.1 Å². The molecule has 6 heteroatoms. The molecule has 0 heterocycles. The second-order valence-corrected chi connectivity index (χ2v) is 5.46. The fourth-order valence-electron chi connectivity index (χ4n) is 2.07. The average molecular weight is 443 g/mol. The lowest BCUT2D eigenvalue weighted by Gasteiger charge is -2.11. The summed E-state index contributed by atoms with van der Waals surface area (Å²) in [5.74, 6) is 0.910. The second-order valence-electron chi connectivity index (χ2n) is 5.46. The van der Waals surface area contributed by atoms with E-state index in [1.165, 1.54) is 12.1 Å². The molecule has 0 atom stereocenters. The SMILES string of the molecule is CC(C)Oc1ccc(NC(N)=NCCc2cccc(F)c2)cc1.I. The van der Waals surface area contributed by atoms with Crippen LogP contribution < -0.4 is 15.8 Å². The first kappa shape index (κ1) is 20.2. The van der Waals surface area contributed by atoms with Crippen LogP contribution in [0.5, 0.6) is 5.75 Å². The molecular formula is C18H23FIN3O. The van der Waals surface area contributed by atoms with Crippen molar-refractivity contribution in [3.05, 3.63) is 59.9 Å². The number of ether oxygens (including phenoxy) is 1. The van der Waals surface area contributed by atoms with Crippen LogP contribution in [0.1, 0.15) is 19.4 Å². The summed E-state index contributed by atoms with van der Waals surface area (Å²) in [7, 11) is 0. The monoisotopic (exact) mass is 443 g/mol. The van der Waals surface area contributed by atoms with Crippen LogP contribution in [0.2, 0.25) is 0 Å². The highest BCUT2D eigenvalue weighted by molar-refractivity contribution is 14.0. The first-order valence-electron chi connectivity index (χ1n) is 7.61. The van der Waals surface area contributed by atoms with Crippen molar-refractivity contribution >= 4 is 35.6 Å². The number of aliphatic imine (C=N–C) groups is 1. The molecule has 3 N–H and O–H groups in total. The van der Waals surface area contributed by atoms with E-state index in [0.717, 1.165) is 17.0 Å². The third kappa shape index (κ3) is 7.16. The number of hydrogen-bond donors (Lipinski definition) is 2. The Bertz CT molecular complexity index is 660. The molecule has 0 fully saturated rings. The predicted octanol–water partition coefficient (Wildman–Crippen LogP) is 4.20. The number of nitrogens with two attached hydrogens (primary N) is 1. The molecule has 0 aromatic heterocycles. The molecule has 0 aliphatic heterocycles. The number of benzene rings is 2. The van der Waals surface area contributed by atoms with Crippen molar-refractivity contribution in [2.45, 2.75) is 26.4 Å². The first-order chi connectivity index (χ1) is 11.0. The van der Waals surface area contributed by atoms with Crippen LogP contribution >= 0.6 is 24.0 Å². The molecule has 0 aliphatic rings. The van der Waals surface area contributed by atoms with E-state index in [9.17, 15) is 4.39 Å². The summed E-state index contributed by atoms with van der Waals surface area (Å²) >= 11 is 0. The molecule has 24 heavy (non-hydrogen) atoms. The normalized spacial score (nSPS) is 11.1. The van der Waals surface area contributed by atoms with Gasteiger partial charge in [0.2, 0.25) is 0 Å². The van der Waals surface area contributed by atoms with Crippen LogP contribution in [-0.4, -0.2) is 18.6 Å². The van der Waals surface area contributed by atoms with Crippen molar-refractivity contribution in [1.29, 1.82) is 0 Å². The number of nitrogens with zero attached hydrogens (tertiary/aromatic N) is 1. The maximum absolute atomic E-state index is 13.1. The van der Waals surface area contributed by atoms with E-state index >= 15 is 0 Å². The molecule has 0 radical (unpaired) electrons. The smallest absolute Gasteiger partial charge is 0.193 e. The molecule has 0 saturated carbocycles. The van der Waals surface area contributed by atoms with Gasteiger partial charge in [-0.2, -0.15) is 0 Å². The minimum absolute atomic E-state index is 0. The Balaban J connectivity index is 0.00000288. The van der Waals surface area contributed by atoms with Gasteiger partial charge in [-0.05, 0) is 62.2 Å². The zero-order valence-electron chi connectivity index (χ0n) is 13.8. The number of halogens is 2. The van der Waals surface area contributed by atoms with Crippen LogP contribution in [0.15, 0.2) is 53.5 Å². The zero-order valence-corrected chi connectivity index (χ0v) is 16.2. The Morgan fingerprint density at radius 2 is 1.92 bits per heavy atom. The highest BCUT2D eigenvalue weighted by Crippen LogP contribution is 2.16. The molecule has 0 saturated heterocycles. The van der Waals surface area contributed by atoms with E-state index in [0.29, 0.717) is 18.9 Å². The first-order valence-corrected chi connectivity index (χ1v) is 7.61. The Labute approximate surface area is 159 Å². The molecule has 0 amide bonds. The molecule has 0 unspecified atom stereocenters. The summed E-state index contributed by atoms with van der Waals surface area (Å²) < 4.78 is 18.6. The number of guanidine groups is 1. The largest absolute Gasteiger partial charge is 0.491 e. The van der Waals surface area contributed by atoms with Crippen LogP contribution in [-0.2, 0) is 6.42 Å². The van der Waals surface area contributed by atoms with Gasteiger partial charge < -0.3 is 15.8 Å². The van der Waals surface area contributed by atoms with Crippen molar-refractivity contribution in [3.8, 4) is 5.75 Å². The van der Waals surface area contributed by atoms with Gasteiger partial charge in [0.15, 0.2) is 5.96 Å². The van der Waals surface area contributed by atoms with Crippen molar-refractivity contribution in [2.75, 3.05) is 11.9 Å². The van der Waals surface area contributed by atoms with E-state index in [4.69, 9.17) is 10.5 Å². The lowest BCUT2D eigenvalue weighted by Crippen LogP contribution is -2.23. The number of nitrogens with one attached hydrogen (secondary N) is 1. The van der Waals surface area contributed by atoms with E-state index in [-0.39, 0.29) is 35.9 Å². The van der Waals surface area contributed by atoms with Gasteiger partial charge in [-0.15, -0.1) is 24.0 Å². The molecule has 2 aromatic carbocycles. The molecule has 130 valence electrons. The van der Waals surface area contributed by atoms with E-state index in [1.54, 1.807) is 6.07 Å². The highest BCUT2D eigenvalue weighted by Gasteiger charge is 2.00. The lowest BCUT2D eigenvalue weighted by atomic mass is 10.1. The van der Waals surface area contributed by atoms with Crippen molar-refractivity contribution < 1.29 is 9.13 Å². The van der Waals surface area contributed by atoms with Gasteiger partial charge in [0, 0.05) is 12.2 Å². The Morgan fingerprint density at radius 3 is 2.54 bits per heavy atom. The summed E-state index contributed by atoms with van der Waals surface area (Å²) in [6.45, 7) is 4.46. The van der Waals surface area contributed by atoms with Crippen molar-refractivity contribution in [3.63, 3.8) is 0 Å². The maximum Gasteiger partial charge on any atom is 0.193 e. The predicted molar refractivity (Wildman–Crippen MR) is 108 cm³/mol. The maximum atomic E-state index is 13.1. The topological polar surface area (TPSA) is 59.6 Å². The van der Waals surface area contributed by atoms with Gasteiger partial charge in [-0.3, -0.25) is 4.99 Å². The van der Waals surface area contributed by atoms with Crippen LogP contribution in [0.3, 0.4) is 0 Å². The number of anilines is 1. The van der Waals surface area contributed by atoms with Gasteiger partial charge in [-0.25, -0.2) is 4.39 Å². The lowest BCUT2D eigenvalue weighted by molar-refractivity contribution is 0.242. The Hall–Kier alpha value is -1.83. The molecular weight excluding hydrogens is 420 g/mol. The molecule has 0 spiro atoms. The molecule has 2 rings (SSSR count). The molecule has 0 bridgehead atoms. The van der Waals surface area contributed by atoms with Crippen molar-refractivity contribution in [1.82, 2.24) is 0 Å². The van der Waals surface area contributed by atoms with E-state index in [1.807, 2.05) is 44.2 Å². The summed E-state index contributed by atoms with van der Waals surface area (Å²) in [6, 6.07) is 14.0. The molecule has 0 aliphatic carbocycles. The standard InChI is InChI=1S/C18H22FN3O.HI/c1-13(2)23-17-8-6-16(7-9-17)22-18(20)21-11-10-14-4-3-5-15(19)12-14;/h3-9,12-13H,10-11H2,1-2H3,(H3,20,21,22);1H. The second kappa shape index (κ2) is 10.1. The number of hydrogen-bond acceptors (Lipinski definition) is 2. The van der Waals surface area contributed by atoms with Gasteiger partial charge >= 0.3 is 0 Å². The third-order valence-electron chi connectivity index (χ3n) is 3.07. The summed E-state index contributed by atoms with van der Waals surface area (Å²) in [5.41, 5.74) is 7.59. The van der Waals surface area contributed by atoms with Gasteiger partial charge in [0.1, 0.15) is 11.6 Å². The van der Waals surface area contributed by atoms with Crippen LogP contribution in [0.25, 0.3) is 0 Å². The van der Waals surface area contributed by atoms with E-state index < -0.39 is 0 Å². The summed E-state index contributed by atoms with van der Waals surface area (Å²) in [6.07, 6.45) is 0.782. The average Bonchev–Trinajstić information content (AvgIpc) is 2.49. The molecule has 2 aromatic rings. The van der Waals surface area contributed by atoms with Gasteiger partial charge in [0.25, 0.3) is 0 Å². The van der Waals surface area contributed by atoms with Crippen molar-refractivity contribution in [2.24, 2.45) is 10.7 Å². The minimum Gasteiger partial charge on any atom is -0.491 e.